The van der Waals surface area contributed by atoms with Crippen molar-refractivity contribution >= 4 is 10.9 Å². The lowest BCUT2D eigenvalue weighted by atomic mass is 9.86. The third-order valence-electron chi connectivity index (χ3n) is 4.44. The van der Waals surface area contributed by atoms with Crippen LogP contribution >= 0.6 is 0 Å². The van der Waals surface area contributed by atoms with Crippen molar-refractivity contribution in [3.05, 3.63) is 72.7 Å². The molecular weight excluding hydrogens is 322 g/mol. The third kappa shape index (κ3) is 3.31. The maximum atomic E-state index is 5.93. The van der Waals surface area contributed by atoms with Crippen LogP contribution < -0.4 is 4.74 Å². The zero-order valence-electron chi connectivity index (χ0n) is 15.2. The molecule has 0 amide bonds. The average Bonchev–Trinajstić information content (AvgIpc) is 3.09. The number of aromatic amines is 1. The van der Waals surface area contributed by atoms with Gasteiger partial charge in [-0.2, -0.15) is 0 Å². The molecule has 0 saturated heterocycles. The zero-order valence-corrected chi connectivity index (χ0v) is 15.2. The highest BCUT2D eigenvalue weighted by molar-refractivity contribution is 5.80. The second-order valence-electron chi connectivity index (χ2n) is 7.40. The summed E-state index contributed by atoms with van der Waals surface area (Å²) in [5.41, 5.74) is 4.41. The topological polar surface area (TPSA) is 50.8 Å². The van der Waals surface area contributed by atoms with Crippen molar-refractivity contribution < 1.29 is 4.74 Å². The van der Waals surface area contributed by atoms with E-state index in [2.05, 4.69) is 60.0 Å². The summed E-state index contributed by atoms with van der Waals surface area (Å²) in [5, 5.41) is 1.11. The Morgan fingerprint density at radius 2 is 1.69 bits per heavy atom. The molecule has 0 aliphatic heterocycles. The Labute approximate surface area is 152 Å². The molecule has 4 rings (SSSR count). The highest BCUT2D eigenvalue weighted by Crippen LogP contribution is 2.28. The average molecular weight is 343 g/mol. The van der Waals surface area contributed by atoms with Crippen LogP contribution in [0, 0.1) is 0 Å². The van der Waals surface area contributed by atoms with Gasteiger partial charge in [-0.05, 0) is 35.2 Å². The smallest absolute Gasteiger partial charge is 0.222 e. The molecule has 0 saturated carbocycles. The lowest BCUT2D eigenvalue weighted by molar-refractivity contribution is 0.462. The molecule has 0 aliphatic rings. The van der Waals surface area contributed by atoms with Crippen molar-refractivity contribution in [3.8, 4) is 22.9 Å². The van der Waals surface area contributed by atoms with Gasteiger partial charge in [-0.3, -0.25) is 0 Å². The molecule has 4 heteroatoms. The van der Waals surface area contributed by atoms with Gasteiger partial charge in [0, 0.05) is 28.7 Å². The van der Waals surface area contributed by atoms with Gasteiger partial charge in [-0.15, -0.1) is 0 Å². The quantitative estimate of drug-likeness (QED) is 0.518. The fraction of sp³-hybridized carbons (Fsp3) is 0.182. The van der Waals surface area contributed by atoms with Crippen LogP contribution in [0.4, 0.5) is 0 Å². The van der Waals surface area contributed by atoms with Gasteiger partial charge in [0.1, 0.15) is 12.1 Å². The molecular formula is C22H21N3O. The number of rotatable bonds is 3. The number of aromatic nitrogens is 3. The highest BCUT2D eigenvalue weighted by atomic mass is 16.5. The van der Waals surface area contributed by atoms with Crippen molar-refractivity contribution in [3.63, 3.8) is 0 Å². The molecule has 26 heavy (non-hydrogen) atoms. The van der Waals surface area contributed by atoms with Crippen LogP contribution in [-0.2, 0) is 5.41 Å². The van der Waals surface area contributed by atoms with Gasteiger partial charge in [0.2, 0.25) is 5.88 Å². The minimum absolute atomic E-state index is 0.134. The molecule has 0 bridgehead atoms. The summed E-state index contributed by atoms with van der Waals surface area (Å²) >= 11 is 0. The largest absolute Gasteiger partial charge is 0.439 e. The Balaban J connectivity index is 1.60. The van der Waals surface area contributed by atoms with Crippen LogP contribution in [0.15, 0.2) is 67.1 Å². The lowest BCUT2D eigenvalue weighted by Crippen LogP contribution is -2.10. The summed E-state index contributed by atoms with van der Waals surface area (Å²) in [7, 11) is 0. The first-order valence-corrected chi connectivity index (χ1v) is 8.67. The van der Waals surface area contributed by atoms with Crippen LogP contribution in [-0.4, -0.2) is 15.0 Å². The number of ether oxygens (including phenoxy) is 1. The fourth-order valence-electron chi connectivity index (χ4n) is 2.91. The summed E-state index contributed by atoms with van der Waals surface area (Å²) in [6, 6.07) is 18.3. The summed E-state index contributed by atoms with van der Waals surface area (Å²) in [5.74, 6) is 1.29. The van der Waals surface area contributed by atoms with E-state index in [9.17, 15) is 0 Å². The second-order valence-corrected chi connectivity index (χ2v) is 7.40. The third-order valence-corrected chi connectivity index (χ3v) is 4.44. The first-order valence-electron chi connectivity index (χ1n) is 8.67. The lowest BCUT2D eigenvalue weighted by Gasteiger charge is -2.19. The number of nitrogens with one attached hydrogen (secondary N) is 1. The SMILES string of the molecule is CC(C)(C)c1ccc(-c2cc(Oc3ccc4[nH]ccc4c3)ncn2)cc1. The van der Waals surface area contributed by atoms with Crippen LogP contribution in [0.3, 0.4) is 0 Å². The van der Waals surface area contributed by atoms with Gasteiger partial charge in [0.15, 0.2) is 0 Å². The predicted octanol–water partition coefficient (Wildman–Crippen LogP) is 5.71. The Bertz CT molecular complexity index is 1040. The van der Waals surface area contributed by atoms with E-state index in [0.717, 1.165) is 27.9 Å². The summed E-state index contributed by atoms with van der Waals surface area (Å²) < 4.78 is 5.93. The zero-order chi connectivity index (χ0) is 18.1. The van der Waals surface area contributed by atoms with Gasteiger partial charge in [-0.25, -0.2) is 9.97 Å². The van der Waals surface area contributed by atoms with Crippen LogP contribution in [0.25, 0.3) is 22.2 Å². The molecule has 0 radical (unpaired) electrons. The standard InChI is InChI=1S/C22H21N3O/c1-22(2,3)17-6-4-15(5-7-17)20-13-21(25-14-24-20)26-18-8-9-19-16(12-18)10-11-23-19/h4-14,23H,1-3H3. The van der Waals surface area contributed by atoms with Gasteiger partial charge >= 0.3 is 0 Å². The van der Waals surface area contributed by atoms with E-state index in [1.807, 2.05) is 36.5 Å². The first kappa shape index (κ1) is 16.3. The predicted molar refractivity (Wildman–Crippen MR) is 105 cm³/mol. The van der Waals surface area contributed by atoms with E-state index in [-0.39, 0.29) is 5.41 Å². The Morgan fingerprint density at radius 3 is 2.46 bits per heavy atom. The molecule has 0 unspecified atom stereocenters. The number of fused-ring (bicyclic) bond motifs is 1. The monoisotopic (exact) mass is 343 g/mol. The van der Waals surface area contributed by atoms with E-state index in [0.29, 0.717) is 5.88 Å². The summed E-state index contributed by atoms with van der Waals surface area (Å²) in [6.07, 6.45) is 3.45. The maximum Gasteiger partial charge on any atom is 0.222 e. The Hall–Kier alpha value is -3.14. The van der Waals surface area contributed by atoms with Gasteiger partial charge in [0.05, 0.1) is 5.69 Å². The molecule has 2 aromatic carbocycles. The molecule has 4 nitrogen and oxygen atoms in total. The molecule has 0 spiro atoms. The Kier molecular flexibility index (Phi) is 3.96. The van der Waals surface area contributed by atoms with Crippen molar-refractivity contribution in [2.45, 2.75) is 26.2 Å². The molecule has 0 aliphatic carbocycles. The van der Waals surface area contributed by atoms with Gasteiger partial charge in [0.25, 0.3) is 0 Å². The van der Waals surface area contributed by atoms with E-state index in [4.69, 9.17) is 4.74 Å². The number of nitrogens with zero attached hydrogens (tertiary/aromatic N) is 2. The fourth-order valence-corrected chi connectivity index (χ4v) is 2.91. The highest BCUT2D eigenvalue weighted by Gasteiger charge is 2.13. The molecule has 0 fully saturated rings. The minimum atomic E-state index is 0.134. The van der Waals surface area contributed by atoms with E-state index in [1.54, 1.807) is 0 Å². The first-order chi connectivity index (χ1) is 12.5. The van der Waals surface area contributed by atoms with Crippen LogP contribution in [0.2, 0.25) is 0 Å². The Morgan fingerprint density at radius 1 is 0.885 bits per heavy atom. The second kappa shape index (κ2) is 6.30. The van der Waals surface area contributed by atoms with Crippen molar-refractivity contribution in [2.24, 2.45) is 0 Å². The number of H-pyrrole nitrogens is 1. The molecule has 4 aromatic rings. The van der Waals surface area contributed by atoms with E-state index < -0.39 is 0 Å². The maximum absolute atomic E-state index is 5.93. The van der Waals surface area contributed by atoms with E-state index >= 15 is 0 Å². The van der Waals surface area contributed by atoms with Crippen molar-refractivity contribution in [1.29, 1.82) is 0 Å². The molecule has 1 N–H and O–H groups in total. The molecule has 2 aromatic heterocycles. The molecule has 130 valence electrons. The summed E-state index contributed by atoms with van der Waals surface area (Å²) in [6.45, 7) is 6.62. The molecule has 0 atom stereocenters. The van der Waals surface area contributed by atoms with Gasteiger partial charge in [-0.1, -0.05) is 45.0 Å². The minimum Gasteiger partial charge on any atom is -0.439 e. The number of hydrogen-bond donors (Lipinski definition) is 1. The molecule has 2 heterocycles. The number of benzene rings is 2. The van der Waals surface area contributed by atoms with Gasteiger partial charge < -0.3 is 9.72 Å². The number of hydrogen-bond acceptors (Lipinski definition) is 3. The van der Waals surface area contributed by atoms with E-state index in [1.165, 1.54) is 11.9 Å². The normalized spacial score (nSPS) is 11.7. The van der Waals surface area contributed by atoms with Crippen LogP contribution in [0.5, 0.6) is 11.6 Å². The summed E-state index contributed by atoms with van der Waals surface area (Å²) in [4.78, 5) is 11.8. The van der Waals surface area contributed by atoms with Crippen molar-refractivity contribution in [1.82, 2.24) is 15.0 Å². The van der Waals surface area contributed by atoms with Crippen LogP contribution in [0.1, 0.15) is 26.3 Å². The van der Waals surface area contributed by atoms with Crippen molar-refractivity contribution in [2.75, 3.05) is 0 Å².